The van der Waals surface area contributed by atoms with Crippen molar-refractivity contribution in [2.45, 2.75) is 100 Å². The van der Waals surface area contributed by atoms with Gasteiger partial charge in [0, 0.05) is 28.3 Å². The van der Waals surface area contributed by atoms with Gasteiger partial charge in [0.2, 0.25) is 0 Å². The van der Waals surface area contributed by atoms with Crippen molar-refractivity contribution >= 4 is 23.4 Å². The number of carboxylic acid groups (broad SMARTS) is 1. The number of hydrogen-bond acceptors (Lipinski definition) is 18. The van der Waals surface area contributed by atoms with Gasteiger partial charge in [-0.05, 0) is 60.7 Å². The van der Waals surface area contributed by atoms with E-state index >= 15 is 0 Å². The van der Waals surface area contributed by atoms with Crippen LogP contribution in [0.5, 0.6) is 23.0 Å². The maximum absolute atomic E-state index is 14.8. The van der Waals surface area contributed by atoms with E-state index in [0.717, 1.165) is 0 Å². The summed E-state index contributed by atoms with van der Waals surface area (Å²) < 4.78 is 41.9. The lowest BCUT2D eigenvalue weighted by molar-refractivity contribution is -0.353. The van der Waals surface area contributed by atoms with Gasteiger partial charge in [-0.25, -0.2) is 0 Å². The van der Waals surface area contributed by atoms with Gasteiger partial charge in [0.05, 0.1) is 43.6 Å². The van der Waals surface area contributed by atoms with Crippen LogP contribution in [0, 0.1) is 6.92 Å². The molecule has 0 aromatic heterocycles. The molecule has 2 aliphatic heterocycles. The molecule has 12 atom stereocenters. The quantitative estimate of drug-likeness (QED) is 0.0803. The molecule has 0 saturated carbocycles. The number of rotatable bonds is 13. The smallest absolute Gasteiger partial charge is 0.325 e. The molecule has 0 bridgehead atoms. The van der Waals surface area contributed by atoms with E-state index in [4.69, 9.17) is 33.2 Å². The first-order valence-corrected chi connectivity index (χ1v) is 23.3. The number of methoxy groups -OCH3 is 2. The molecule has 9 N–H and O–H groups in total. The van der Waals surface area contributed by atoms with E-state index < -0.39 is 121 Å². The highest BCUT2D eigenvalue weighted by atomic mass is 16.7. The first kappa shape index (κ1) is 51.1. The van der Waals surface area contributed by atoms with Crippen molar-refractivity contribution in [2.24, 2.45) is 0 Å². The number of nitrogens with one attached hydrogen (secondary N) is 1. The third-order valence-corrected chi connectivity index (χ3v) is 13.7. The van der Waals surface area contributed by atoms with Crippen molar-refractivity contribution in [1.82, 2.24) is 5.32 Å². The minimum Gasteiger partial charge on any atom is -0.506 e. The fraction of sp³-hybridized carbons (Fsp3) is 0.358. The fourth-order valence-electron chi connectivity index (χ4n) is 9.82. The Labute approximate surface area is 416 Å². The number of aliphatic hydroxyl groups excluding tert-OH is 6. The fourth-order valence-corrected chi connectivity index (χ4v) is 9.82. The number of carbonyl (C=O) groups is 4. The van der Waals surface area contributed by atoms with Crippen molar-refractivity contribution in [3.8, 4) is 34.1 Å². The van der Waals surface area contributed by atoms with Crippen molar-refractivity contribution in [2.75, 3.05) is 20.8 Å². The topological polar surface area (TPSA) is 307 Å². The summed E-state index contributed by atoms with van der Waals surface area (Å²) in [6.45, 7) is 3.71. The second kappa shape index (κ2) is 20.2. The maximum Gasteiger partial charge on any atom is 0.325 e. The number of aliphatic carboxylic acids is 1. The number of carbonyl (C=O) groups excluding carboxylic acids is 3. The highest BCUT2D eigenvalue weighted by Gasteiger charge is 2.51. The standard InChI is InChI=1S/C53H53NO19/c1-21-16-30-36(48(33(21)50(64)54-22(2)51(65)66)71-46(24-12-8-6-9-13-24)25-14-10-7-11-15-25)35-28(19-29-37(43(35)61)40(58)27-17-26(67-4)18-32(68-5)34(27)39(29)57)41(59)47(30)72-53-45(63)49(38(56)23(3)70-53)73-52-44(62)42(60)31(55)20-69-52/h6-19,22-23,31,38,41-42,44-47,49,52-53,55-56,59-63H,20H2,1-5H3,(H,54,64)(H,65,66)/t22-,23-,31-,38+,41+,42+,44-,45-,47+,49+,52+,53+/m1/s1. The molecule has 20 nitrogen and oxygen atoms in total. The summed E-state index contributed by atoms with van der Waals surface area (Å²) in [7, 11) is 2.64. The molecule has 1 amide bonds. The highest BCUT2D eigenvalue weighted by Crippen LogP contribution is 2.58. The molecule has 5 aromatic rings. The van der Waals surface area contributed by atoms with Gasteiger partial charge in [-0.1, -0.05) is 66.7 Å². The van der Waals surface area contributed by atoms with Crippen LogP contribution in [-0.2, 0) is 23.7 Å². The zero-order valence-corrected chi connectivity index (χ0v) is 39.9. The molecule has 2 saturated heterocycles. The van der Waals surface area contributed by atoms with Gasteiger partial charge in [-0.2, -0.15) is 0 Å². The summed E-state index contributed by atoms with van der Waals surface area (Å²) in [5.41, 5.74) is -0.853. The van der Waals surface area contributed by atoms with Gasteiger partial charge in [0.15, 0.2) is 24.1 Å². The van der Waals surface area contributed by atoms with Gasteiger partial charge < -0.3 is 79.3 Å². The van der Waals surface area contributed by atoms with E-state index in [0.29, 0.717) is 11.1 Å². The SMILES string of the molecule is COc1cc(OC)c2c(c1)C(=O)c1c(cc3c(c1O)-c1c(cc(C)c(C(=O)N[C@H](C)C(=O)O)c1OC(c1ccccc1)c1ccccc1)[C@H](O[C@@H]1O[C@H](C)[C@H](O)[C@H](O[C@@H]4OC[C@@H](O)[C@H](O)[C@H]4O)[C@H]1O)[C@H]3O)C2=O. The van der Waals surface area contributed by atoms with Crippen molar-refractivity contribution in [1.29, 1.82) is 0 Å². The van der Waals surface area contributed by atoms with Crippen LogP contribution in [-0.4, -0.2) is 146 Å². The normalized spacial score (nSPS) is 26.7. The number of phenols is 1. The monoisotopic (exact) mass is 1010 g/mol. The van der Waals surface area contributed by atoms with Crippen LogP contribution >= 0.6 is 0 Å². The number of ketones is 2. The summed E-state index contributed by atoms with van der Waals surface area (Å²) in [4.78, 5) is 56.4. The lowest BCUT2D eigenvalue weighted by atomic mass is 9.74. The Bertz CT molecular complexity index is 2930. The number of aliphatic hydroxyl groups is 6. The van der Waals surface area contributed by atoms with E-state index in [-0.39, 0.29) is 67.3 Å². The van der Waals surface area contributed by atoms with Gasteiger partial charge in [-0.3, -0.25) is 19.2 Å². The number of benzene rings is 5. The highest BCUT2D eigenvalue weighted by molar-refractivity contribution is 6.31. The second-order valence-electron chi connectivity index (χ2n) is 18.3. The molecule has 0 radical (unpaired) electrons. The summed E-state index contributed by atoms with van der Waals surface area (Å²) >= 11 is 0. The zero-order valence-electron chi connectivity index (χ0n) is 39.9. The van der Waals surface area contributed by atoms with Gasteiger partial charge in [0.1, 0.15) is 84.0 Å². The molecule has 2 heterocycles. The Morgan fingerprint density at radius 2 is 1.36 bits per heavy atom. The van der Waals surface area contributed by atoms with E-state index in [1.165, 1.54) is 59.3 Å². The van der Waals surface area contributed by atoms with Crippen molar-refractivity contribution < 1.29 is 93.2 Å². The molecular weight excluding hydrogens is 955 g/mol. The Kier molecular flexibility index (Phi) is 14.2. The van der Waals surface area contributed by atoms with Gasteiger partial charge in [0.25, 0.3) is 5.91 Å². The summed E-state index contributed by atoms with van der Waals surface area (Å²) in [6, 6.07) is 21.6. The van der Waals surface area contributed by atoms with Crippen LogP contribution in [0.4, 0.5) is 0 Å². The third-order valence-electron chi connectivity index (χ3n) is 13.7. The molecule has 9 rings (SSSR count). The molecule has 0 unspecified atom stereocenters. The summed E-state index contributed by atoms with van der Waals surface area (Å²) in [5, 5.41) is 92.4. The Morgan fingerprint density at radius 1 is 0.726 bits per heavy atom. The van der Waals surface area contributed by atoms with Crippen LogP contribution in [0.3, 0.4) is 0 Å². The van der Waals surface area contributed by atoms with Gasteiger partial charge >= 0.3 is 5.97 Å². The maximum atomic E-state index is 14.8. The number of phenolic OH excluding ortho intramolecular Hbond substituents is 1. The lowest BCUT2D eigenvalue weighted by Crippen LogP contribution is -2.62. The predicted octanol–water partition coefficient (Wildman–Crippen LogP) is 2.93. The summed E-state index contributed by atoms with van der Waals surface area (Å²) in [6.07, 6.45) is -19.6. The van der Waals surface area contributed by atoms with Crippen LogP contribution in [0.25, 0.3) is 11.1 Å². The molecular formula is C53H53NO19. The van der Waals surface area contributed by atoms with E-state index in [1.807, 2.05) is 0 Å². The largest absolute Gasteiger partial charge is 0.506 e. The van der Waals surface area contributed by atoms with E-state index in [2.05, 4.69) is 5.32 Å². The number of ether oxygens (including phenoxy) is 7. The zero-order chi connectivity index (χ0) is 52.3. The van der Waals surface area contributed by atoms with Crippen molar-refractivity contribution in [3.63, 3.8) is 0 Å². The number of carboxylic acids is 1. The van der Waals surface area contributed by atoms with Crippen LogP contribution in [0.2, 0.25) is 0 Å². The first-order chi connectivity index (χ1) is 34.9. The molecule has 2 aliphatic carbocycles. The van der Waals surface area contributed by atoms with E-state index in [9.17, 15) is 60.0 Å². The number of hydrogen-bond donors (Lipinski definition) is 9. The number of fused-ring (bicyclic) bond motifs is 5. The Balaban J connectivity index is 1.28. The Hall–Kier alpha value is -6.82. The molecule has 2 fully saturated rings. The molecule has 384 valence electrons. The summed E-state index contributed by atoms with van der Waals surface area (Å²) in [5.74, 6) is -4.91. The Morgan fingerprint density at radius 3 is 1.97 bits per heavy atom. The molecule has 5 aromatic carbocycles. The molecule has 73 heavy (non-hydrogen) atoms. The van der Waals surface area contributed by atoms with Crippen LogP contribution < -0.4 is 19.5 Å². The predicted molar refractivity (Wildman–Crippen MR) is 252 cm³/mol. The number of amides is 1. The first-order valence-electron chi connectivity index (χ1n) is 23.3. The second-order valence-corrected chi connectivity index (χ2v) is 18.3. The lowest BCUT2D eigenvalue weighted by Gasteiger charge is -2.46. The third kappa shape index (κ3) is 8.98. The number of aryl methyl sites for hydroxylation is 1. The van der Waals surface area contributed by atoms with Crippen LogP contribution in [0.1, 0.15) is 102 Å². The van der Waals surface area contributed by atoms with Crippen LogP contribution in [0.15, 0.2) is 84.9 Å². The molecule has 0 spiro atoms. The van der Waals surface area contributed by atoms with Crippen molar-refractivity contribution in [3.05, 3.63) is 141 Å². The molecule has 4 aliphatic rings. The van der Waals surface area contributed by atoms with E-state index in [1.54, 1.807) is 60.7 Å². The number of aromatic hydroxyl groups is 1. The average Bonchev–Trinajstić information content (AvgIpc) is 3.38. The van der Waals surface area contributed by atoms with Gasteiger partial charge in [-0.15, -0.1) is 0 Å². The minimum atomic E-state index is -1.96. The average molecular weight is 1010 g/mol. The minimum absolute atomic E-state index is 0.0266. The molecule has 20 heteroatoms.